The van der Waals surface area contributed by atoms with E-state index < -0.39 is 0 Å². The first-order chi connectivity index (χ1) is 13.7. The molecule has 0 aromatic heterocycles. The molecule has 0 aromatic carbocycles. The molecular formula is C22H29N5O. The number of allylic oxidation sites excluding steroid dienone is 6. The third-order valence-corrected chi connectivity index (χ3v) is 5.09. The number of nitrogens with zero attached hydrogens (tertiary/aromatic N) is 2. The summed E-state index contributed by atoms with van der Waals surface area (Å²) in [6.07, 6.45) is 19.5. The normalized spacial score (nSPS) is 26.5. The van der Waals surface area contributed by atoms with Gasteiger partial charge >= 0.3 is 0 Å². The minimum atomic E-state index is 0.000469. The third-order valence-electron chi connectivity index (χ3n) is 5.09. The minimum absolute atomic E-state index is 0.000469. The standard InChI is InChI=1S/C22H29N5O/c1-4-6-15(5-2)21(16-7-9-17(10-8-16)22(23)27-28-3)25-19-11-12-20-18(13-19)14-24-26-20/h5,7-9,11-14,17-18,20,26H,4,6,10H2,1-3H3,(H2,23,27)/b15-5+,25-21+. The maximum absolute atomic E-state index is 8.02. The summed E-state index contributed by atoms with van der Waals surface area (Å²) in [4.78, 5) is 9.90. The maximum atomic E-state index is 8.02. The number of hydrazone groups is 1. The number of fused-ring (bicyclic) bond motifs is 1. The van der Waals surface area contributed by atoms with E-state index in [9.17, 15) is 0 Å². The molecule has 0 amide bonds. The van der Waals surface area contributed by atoms with Gasteiger partial charge in [0, 0.05) is 18.1 Å². The molecule has 0 radical (unpaired) electrons. The van der Waals surface area contributed by atoms with Gasteiger partial charge in [-0.15, -0.1) is 0 Å². The number of aliphatic imine (C=N–C) groups is 1. The van der Waals surface area contributed by atoms with Gasteiger partial charge in [0.2, 0.25) is 0 Å². The van der Waals surface area contributed by atoms with E-state index in [4.69, 9.17) is 15.2 Å². The molecule has 6 nitrogen and oxygen atoms in total. The molecule has 0 saturated carbocycles. The summed E-state index contributed by atoms with van der Waals surface area (Å²) < 4.78 is 0. The molecular weight excluding hydrogens is 350 g/mol. The summed E-state index contributed by atoms with van der Waals surface area (Å²) in [7, 11) is 1.52. The van der Waals surface area contributed by atoms with Crippen molar-refractivity contribution in [1.29, 1.82) is 5.41 Å². The number of hydrogen-bond donors (Lipinski definition) is 3. The summed E-state index contributed by atoms with van der Waals surface area (Å²) >= 11 is 0. The summed E-state index contributed by atoms with van der Waals surface area (Å²) in [5.41, 5.74) is 10.1. The highest BCUT2D eigenvalue weighted by Gasteiger charge is 2.23. The molecule has 0 bridgehead atoms. The van der Waals surface area contributed by atoms with Gasteiger partial charge in [0.1, 0.15) is 5.84 Å². The largest absolute Gasteiger partial charge is 0.302 e. The van der Waals surface area contributed by atoms with Crippen molar-refractivity contribution in [3.05, 3.63) is 59.4 Å². The van der Waals surface area contributed by atoms with Gasteiger partial charge in [0.15, 0.2) is 0 Å². The molecule has 1 aliphatic heterocycles. The van der Waals surface area contributed by atoms with E-state index in [2.05, 4.69) is 66.3 Å². The number of rotatable bonds is 7. The Labute approximate surface area is 167 Å². The summed E-state index contributed by atoms with van der Waals surface area (Å²) in [5, 5.41) is 12.2. The van der Waals surface area contributed by atoms with E-state index in [1.54, 1.807) is 0 Å². The highest BCUT2D eigenvalue weighted by molar-refractivity contribution is 6.15. The van der Waals surface area contributed by atoms with Crippen molar-refractivity contribution in [2.24, 2.45) is 21.9 Å². The molecule has 28 heavy (non-hydrogen) atoms. The van der Waals surface area contributed by atoms with Gasteiger partial charge in [-0.05, 0) is 43.1 Å². The van der Waals surface area contributed by atoms with Crippen LogP contribution in [-0.4, -0.2) is 30.9 Å². The zero-order valence-corrected chi connectivity index (χ0v) is 16.8. The molecule has 3 rings (SSSR count). The molecule has 3 atom stereocenters. The van der Waals surface area contributed by atoms with E-state index in [-0.39, 0.29) is 17.9 Å². The van der Waals surface area contributed by atoms with Crippen LogP contribution in [0.3, 0.4) is 0 Å². The highest BCUT2D eigenvalue weighted by atomic mass is 16.6. The van der Waals surface area contributed by atoms with Crippen molar-refractivity contribution in [3.8, 4) is 0 Å². The van der Waals surface area contributed by atoms with Crippen LogP contribution in [0.5, 0.6) is 0 Å². The van der Waals surface area contributed by atoms with Gasteiger partial charge in [-0.3, -0.25) is 15.7 Å². The average molecular weight is 380 g/mol. The second kappa shape index (κ2) is 9.46. The van der Waals surface area contributed by atoms with Gasteiger partial charge in [-0.1, -0.05) is 43.7 Å². The molecule has 3 N–H and O–H groups in total. The fourth-order valence-corrected chi connectivity index (χ4v) is 3.56. The summed E-state index contributed by atoms with van der Waals surface area (Å²) in [5.74, 6) is 0.621. The number of amidine groups is 1. The Hall–Kier alpha value is -2.73. The molecule has 0 saturated heterocycles. The van der Waals surface area contributed by atoms with Crippen LogP contribution < -0.4 is 10.9 Å². The van der Waals surface area contributed by atoms with E-state index in [1.807, 2.05) is 12.3 Å². The molecule has 2 aliphatic carbocycles. The molecule has 0 spiro atoms. The maximum Gasteiger partial charge on any atom is 0.125 e. The molecule has 1 heterocycles. The molecule has 3 unspecified atom stereocenters. The smallest absolute Gasteiger partial charge is 0.125 e. The molecule has 6 heteroatoms. The minimum Gasteiger partial charge on any atom is -0.302 e. The molecule has 0 aromatic rings. The Balaban J connectivity index is 1.87. The second-order valence-electron chi connectivity index (χ2n) is 7.07. The zero-order chi connectivity index (χ0) is 19.9. The fraction of sp³-hybridized carbons (Fsp3) is 0.409. The second-order valence-corrected chi connectivity index (χ2v) is 7.07. The summed E-state index contributed by atoms with van der Waals surface area (Å²) in [6.45, 7) is 4.26. The summed E-state index contributed by atoms with van der Waals surface area (Å²) in [6, 6.07) is 0.244. The monoisotopic (exact) mass is 379 g/mol. The van der Waals surface area contributed by atoms with E-state index in [1.165, 1.54) is 12.7 Å². The van der Waals surface area contributed by atoms with E-state index in [0.29, 0.717) is 5.84 Å². The number of nitrogens with one attached hydrogen (secondary N) is 3. The van der Waals surface area contributed by atoms with E-state index >= 15 is 0 Å². The van der Waals surface area contributed by atoms with Gasteiger partial charge in [-0.2, -0.15) is 5.10 Å². The van der Waals surface area contributed by atoms with Crippen LogP contribution in [0.4, 0.5) is 0 Å². The third kappa shape index (κ3) is 4.57. The van der Waals surface area contributed by atoms with Gasteiger partial charge in [0.05, 0.1) is 24.6 Å². The lowest BCUT2D eigenvalue weighted by molar-refractivity contribution is 0.140. The van der Waals surface area contributed by atoms with Crippen molar-refractivity contribution >= 4 is 17.8 Å². The average Bonchev–Trinajstić information content (AvgIpc) is 3.19. The topological polar surface area (TPSA) is 81.9 Å². The lowest BCUT2D eigenvalue weighted by Crippen LogP contribution is -2.28. The number of hydrogen-bond acceptors (Lipinski definition) is 5. The Bertz CT molecular complexity index is 813. The fourth-order valence-electron chi connectivity index (χ4n) is 3.56. The Morgan fingerprint density at radius 1 is 1.43 bits per heavy atom. The first-order valence-corrected chi connectivity index (χ1v) is 9.85. The van der Waals surface area contributed by atoms with Gasteiger partial charge < -0.3 is 5.43 Å². The van der Waals surface area contributed by atoms with Crippen LogP contribution in [0.25, 0.3) is 0 Å². The van der Waals surface area contributed by atoms with Crippen molar-refractivity contribution < 1.29 is 4.84 Å². The lowest BCUT2D eigenvalue weighted by Gasteiger charge is -2.21. The van der Waals surface area contributed by atoms with Crippen molar-refractivity contribution in [2.45, 2.75) is 39.2 Å². The Kier molecular flexibility index (Phi) is 6.76. The highest BCUT2D eigenvalue weighted by Crippen LogP contribution is 2.26. The molecule has 0 fully saturated rings. The SMILES string of the molecule is C/C=C(CCC)/C(=N\C1=CC2C=NNC2C=C1)C1=CCC(C(=N)NOC)C=C1. The van der Waals surface area contributed by atoms with Crippen LogP contribution in [0, 0.1) is 17.2 Å². The predicted molar refractivity (Wildman–Crippen MR) is 115 cm³/mol. The first-order valence-electron chi connectivity index (χ1n) is 9.85. The lowest BCUT2D eigenvalue weighted by atomic mass is 9.89. The van der Waals surface area contributed by atoms with Crippen molar-refractivity contribution in [3.63, 3.8) is 0 Å². The van der Waals surface area contributed by atoms with Crippen molar-refractivity contribution in [2.75, 3.05) is 7.11 Å². The molecule has 148 valence electrons. The van der Waals surface area contributed by atoms with Crippen LogP contribution >= 0.6 is 0 Å². The van der Waals surface area contributed by atoms with Crippen LogP contribution in [0.15, 0.2) is 69.5 Å². The van der Waals surface area contributed by atoms with Crippen LogP contribution in [0.2, 0.25) is 0 Å². The van der Waals surface area contributed by atoms with E-state index in [0.717, 1.165) is 36.2 Å². The Morgan fingerprint density at radius 2 is 2.29 bits per heavy atom. The number of hydroxylamine groups is 1. The molecule has 3 aliphatic rings. The van der Waals surface area contributed by atoms with Crippen LogP contribution in [-0.2, 0) is 4.84 Å². The zero-order valence-electron chi connectivity index (χ0n) is 16.8. The predicted octanol–water partition coefficient (Wildman–Crippen LogP) is 3.83. The van der Waals surface area contributed by atoms with Crippen LogP contribution in [0.1, 0.15) is 33.1 Å². The Morgan fingerprint density at radius 3 is 2.96 bits per heavy atom. The first kappa shape index (κ1) is 20.0. The van der Waals surface area contributed by atoms with Gasteiger partial charge in [0.25, 0.3) is 0 Å². The van der Waals surface area contributed by atoms with Crippen molar-refractivity contribution in [1.82, 2.24) is 10.9 Å². The van der Waals surface area contributed by atoms with Gasteiger partial charge in [-0.25, -0.2) is 4.99 Å². The quantitative estimate of drug-likeness (QED) is 0.357.